The molecule has 8 heteroatoms. The highest BCUT2D eigenvalue weighted by Crippen LogP contribution is 2.22. The van der Waals surface area contributed by atoms with E-state index in [0.29, 0.717) is 18.5 Å². The highest BCUT2D eigenvalue weighted by molar-refractivity contribution is 5.96. The average molecular weight is 367 g/mol. The number of nitrogens with one attached hydrogen (secondary N) is 1. The van der Waals surface area contributed by atoms with Crippen LogP contribution in [0.15, 0.2) is 36.7 Å². The quantitative estimate of drug-likeness (QED) is 0.664. The number of fused-ring (bicyclic) bond motifs is 1. The van der Waals surface area contributed by atoms with Gasteiger partial charge in [0.05, 0.1) is 11.4 Å². The van der Waals surface area contributed by atoms with Crippen molar-refractivity contribution in [2.75, 3.05) is 0 Å². The van der Waals surface area contributed by atoms with Crippen LogP contribution in [-0.2, 0) is 4.79 Å². The lowest BCUT2D eigenvalue weighted by atomic mass is 10.1. The molecule has 27 heavy (non-hydrogen) atoms. The van der Waals surface area contributed by atoms with Crippen molar-refractivity contribution in [2.45, 2.75) is 39.2 Å². The van der Waals surface area contributed by atoms with Crippen LogP contribution in [0.25, 0.3) is 16.5 Å². The summed E-state index contributed by atoms with van der Waals surface area (Å²) in [5, 5.41) is 21.8. The van der Waals surface area contributed by atoms with Crippen molar-refractivity contribution in [3.63, 3.8) is 0 Å². The largest absolute Gasteiger partial charge is 0.480 e. The van der Waals surface area contributed by atoms with Crippen LogP contribution in [0.4, 0.5) is 0 Å². The molecule has 3 aromatic rings. The molecule has 1 amide bonds. The van der Waals surface area contributed by atoms with E-state index in [1.165, 1.54) is 0 Å². The maximum Gasteiger partial charge on any atom is 0.326 e. The second kappa shape index (κ2) is 7.94. The normalized spacial score (nSPS) is 12.1. The van der Waals surface area contributed by atoms with Gasteiger partial charge in [-0.1, -0.05) is 37.1 Å². The molecule has 0 aliphatic heterocycles. The first-order valence-corrected chi connectivity index (χ1v) is 8.82. The summed E-state index contributed by atoms with van der Waals surface area (Å²) >= 11 is 0. The van der Waals surface area contributed by atoms with Gasteiger partial charge in [0.15, 0.2) is 5.69 Å². The molecule has 0 spiro atoms. The Morgan fingerprint density at radius 2 is 2.11 bits per heavy atom. The van der Waals surface area contributed by atoms with E-state index in [-0.39, 0.29) is 5.69 Å². The summed E-state index contributed by atoms with van der Waals surface area (Å²) in [4.78, 5) is 28.0. The number of hydrogen-bond donors (Lipinski definition) is 2. The van der Waals surface area contributed by atoms with Gasteiger partial charge < -0.3 is 10.4 Å². The van der Waals surface area contributed by atoms with Gasteiger partial charge in [-0.25, -0.2) is 9.48 Å². The minimum Gasteiger partial charge on any atom is -0.480 e. The van der Waals surface area contributed by atoms with E-state index >= 15 is 0 Å². The molecule has 0 aliphatic rings. The van der Waals surface area contributed by atoms with E-state index < -0.39 is 17.9 Å². The van der Waals surface area contributed by atoms with Crippen molar-refractivity contribution in [3.8, 4) is 5.69 Å². The van der Waals surface area contributed by atoms with Crippen molar-refractivity contribution in [3.05, 3.63) is 48.0 Å². The number of nitrogens with zero attached hydrogens (tertiary/aromatic N) is 4. The van der Waals surface area contributed by atoms with E-state index in [2.05, 4.69) is 20.6 Å². The number of rotatable bonds is 7. The fourth-order valence-corrected chi connectivity index (χ4v) is 2.95. The fourth-order valence-electron chi connectivity index (χ4n) is 2.95. The number of unbranched alkanes of at least 4 members (excludes halogenated alkanes) is 1. The number of pyridine rings is 1. The van der Waals surface area contributed by atoms with Gasteiger partial charge >= 0.3 is 5.97 Å². The molecular weight excluding hydrogens is 346 g/mol. The van der Waals surface area contributed by atoms with E-state index in [0.717, 1.165) is 22.9 Å². The number of benzene rings is 1. The zero-order chi connectivity index (χ0) is 19.4. The highest BCUT2D eigenvalue weighted by atomic mass is 16.4. The van der Waals surface area contributed by atoms with Crippen molar-refractivity contribution in [1.82, 2.24) is 25.3 Å². The fraction of sp³-hybridized carbons (Fsp3) is 0.316. The summed E-state index contributed by atoms with van der Waals surface area (Å²) in [5.74, 6) is -1.59. The standard InChI is InChI=1S/C19H21N5O3/c1-3-4-7-15(19(26)27)21-18(25)17-12(2)24(23-22-17)16-8-5-6-13-11-20-10-9-14(13)16/h5-6,8-11,15H,3-4,7H2,1-2H3,(H,21,25)(H,26,27). The van der Waals surface area contributed by atoms with Crippen LogP contribution in [0.3, 0.4) is 0 Å². The molecule has 0 saturated heterocycles. The lowest BCUT2D eigenvalue weighted by Gasteiger charge is -2.13. The zero-order valence-corrected chi connectivity index (χ0v) is 15.2. The van der Waals surface area contributed by atoms with Gasteiger partial charge in [-0.2, -0.15) is 0 Å². The number of carboxylic acid groups (broad SMARTS) is 1. The molecule has 0 radical (unpaired) electrons. The van der Waals surface area contributed by atoms with Crippen molar-refractivity contribution >= 4 is 22.6 Å². The second-order valence-corrected chi connectivity index (χ2v) is 6.32. The number of aromatic nitrogens is 4. The first kappa shape index (κ1) is 18.5. The van der Waals surface area contributed by atoms with Gasteiger partial charge in [0, 0.05) is 23.2 Å². The number of carboxylic acids is 1. The van der Waals surface area contributed by atoms with Crippen LogP contribution in [-0.4, -0.2) is 43.0 Å². The minimum atomic E-state index is -1.05. The first-order valence-electron chi connectivity index (χ1n) is 8.82. The monoisotopic (exact) mass is 367 g/mol. The molecule has 3 rings (SSSR count). The summed E-state index contributed by atoms with van der Waals surface area (Å²) in [5.41, 5.74) is 1.43. The summed E-state index contributed by atoms with van der Waals surface area (Å²) in [6.45, 7) is 3.70. The Kier molecular flexibility index (Phi) is 5.44. The maximum absolute atomic E-state index is 12.6. The van der Waals surface area contributed by atoms with Crippen molar-refractivity contribution < 1.29 is 14.7 Å². The number of amides is 1. The predicted octanol–water partition coefficient (Wildman–Crippen LogP) is 2.50. The third-order valence-corrected chi connectivity index (χ3v) is 4.45. The van der Waals surface area contributed by atoms with E-state index in [1.807, 2.05) is 31.2 Å². The van der Waals surface area contributed by atoms with Crippen molar-refractivity contribution in [1.29, 1.82) is 0 Å². The van der Waals surface area contributed by atoms with Gasteiger partial charge in [-0.05, 0) is 25.5 Å². The Hall–Kier alpha value is -3.29. The molecule has 0 aliphatic carbocycles. The summed E-state index contributed by atoms with van der Waals surface area (Å²) in [7, 11) is 0. The van der Waals surface area contributed by atoms with Gasteiger partial charge in [0.1, 0.15) is 6.04 Å². The molecule has 2 aromatic heterocycles. The summed E-state index contributed by atoms with van der Waals surface area (Å²) in [6, 6.07) is 6.64. The SMILES string of the molecule is CCCCC(NC(=O)c1nnn(-c2cccc3cnccc23)c1C)C(=O)O. The lowest BCUT2D eigenvalue weighted by Crippen LogP contribution is -2.41. The molecule has 1 unspecified atom stereocenters. The molecule has 0 bridgehead atoms. The number of aliphatic carboxylic acids is 1. The third kappa shape index (κ3) is 3.79. The molecule has 2 N–H and O–H groups in total. The van der Waals surface area contributed by atoms with Crippen LogP contribution in [0, 0.1) is 6.92 Å². The van der Waals surface area contributed by atoms with Crippen LogP contribution >= 0.6 is 0 Å². The molecule has 0 fully saturated rings. The van der Waals surface area contributed by atoms with Gasteiger partial charge in [-0.15, -0.1) is 5.10 Å². The Labute approximate surface area is 156 Å². The number of carbonyl (C=O) groups is 2. The van der Waals surface area contributed by atoms with Crippen molar-refractivity contribution in [2.24, 2.45) is 0 Å². The molecule has 2 heterocycles. The first-order chi connectivity index (χ1) is 13.0. The lowest BCUT2D eigenvalue weighted by molar-refractivity contribution is -0.139. The van der Waals surface area contributed by atoms with Crippen LogP contribution in [0.5, 0.6) is 0 Å². The van der Waals surface area contributed by atoms with E-state index in [9.17, 15) is 14.7 Å². The molecule has 1 aromatic carbocycles. The van der Waals surface area contributed by atoms with E-state index in [4.69, 9.17) is 0 Å². The Bertz CT molecular complexity index is 977. The van der Waals surface area contributed by atoms with Crippen LogP contribution in [0.1, 0.15) is 42.4 Å². The molecule has 140 valence electrons. The second-order valence-electron chi connectivity index (χ2n) is 6.32. The predicted molar refractivity (Wildman–Crippen MR) is 99.8 cm³/mol. The molecule has 1 atom stereocenters. The topological polar surface area (TPSA) is 110 Å². The Balaban J connectivity index is 1.90. The highest BCUT2D eigenvalue weighted by Gasteiger charge is 2.24. The number of carbonyl (C=O) groups excluding carboxylic acids is 1. The van der Waals surface area contributed by atoms with Gasteiger partial charge in [0.25, 0.3) is 5.91 Å². The third-order valence-electron chi connectivity index (χ3n) is 4.45. The summed E-state index contributed by atoms with van der Waals surface area (Å²) < 4.78 is 1.58. The smallest absolute Gasteiger partial charge is 0.326 e. The molecular formula is C19H21N5O3. The molecule has 8 nitrogen and oxygen atoms in total. The van der Waals surface area contributed by atoms with Gasteiger partial charge in [0.2, 0.25) is 0 Å². The maximum atomic E-state index is 12.6. The van der Waals surface area contributed by atoms with Gasteiger partial charge in [-0.3, -0.25) is 9.78 Å². The molecule has 0 saturated carbocycles. The Morgan fingerprint density at radius 3 is 2.85 bits per heavy atom. The number of hydrogen-bond acceptors (Lipinski definition) is 5. The van der Waals surface area contributed by atoms with Crippen LogP contribution < -0.4 is 5.32 Å². The summed E-state index contributed by atoms with van der Waals surface area (Å²) in [6.07, 6.45) is 5.39. The Morgan fingerprint density at radius 1 is 1.30 bits per heavy atom. The average Bonchev–Trinajstić information content (AvgIpc) is 3.05. The van der Waals surface area contributed by atoms with Crippen LogP contribution in [0.2, 0.25) is 0 Å². The van der Waals surface area contributed by atoms with E-state index in [1.54, 1.807) is 24.0 Å². The zero-order valence-electron chi connectivity index (χ0n) is 15.2. The minimum absolute atomic E-state index is 0.115.